The van der Waals surface area contributed by atoms with Gasteiger partial charge in [0, 0.05) is 31.4 Å². The molecule has 4 heteroatoms. The van der Waals surface area contributed by atoms with Crippen LogP contribution in [-0.4, -0.2) is 49.7 Å². The minimum Gasteiger partial charge on any atom is -0.478 e. The number of rotatable bonds is 5. The third-order valence-electron chi connectivity index (χ3n) is 3.91. The van der Waals surface area contributed by atoms with E-state index in [1.54, 1.807) is 6.08 Å². The van der Waals surface area contributed by atoms with E-state index in [0.29, 0.717) is 0 Å². The maximum Gasteiger partial charge on any atom is 0.328 e. The first-order chi connectivity index (χ1) is 10.0. The van der Waals surface area contributed by atoms with Crippen LogP contribution in [0.5, 0.6) is 0 Å². The van der Waals surface area contributed by atoms with Crippen molar-refractivity contribution in [2.45, 2.75) is 12.8 Å². The molecule has 1 saturated heterocycles. The van der Waals surface area contributed by atoms with Crippen LogP contribution in [0.3, 0.4) is 0 Å². The molecular weight excluding hydrogens is 264 g/mol. The Morgan fingerprint density at radius 3 is 2.43 bits per heavy atom. The molecule has 21 heavy (non-hydrogen) atoms. The second-order valence-electron chi connectivity index (χ2n) is 5.96. The highest BCUT2D eigenvalue weighted by molar-refractivity contribution is 5.85. The first kappa shape index (κ1) is 15.6. The standard InChI is InChI=1S/C17H24N2O2/c1-18(2)13-15-9-11-19(12-10-15)16-6-3-14(4-7-16)5-8-17(20)21/h3-8,15H,9-13H2,1-2H3,(H,20,21). The lowest BCUT2D eigenvalue weighted by Crippen LogP contribution is -2.37. The van der Waals surface area contributed by atoms with E-state index >= 15 is 0 Å². The highest BCUT2D eigenvalue weighted by Gasteiger charge is 2.19. The summed E-state index contributed by atoms with van der Waals surface area (Å²) in [5, 5.41) is 8.62. The van der Waals surface area contributed by atoms with Gasteiger partial charge >= 0.3 is 5.97 Å². The summed E-state index contributed by atoms with van der Waals surface area (Å²) in [6, 6.07) is 8.10. The number of carboxylic acid groups (broad SMARTS) is 1. The Balaban J connectivity index is 1.90. The molecule has 0 aliphatic carbocycles. The molecule has 1 aromatic carbocycles. The fourth-order valence-corrected chi connectivity index (χ4v) is 2.85. The molecular formula is C17H24N2O2. The Hall–Kier alpha value is -1.81. The van der Waals surface area contributed by atoms with E-state index in [1.165, 1.54) is 31.1 Å². The van der Waals surface area contributed by atoms with Gasteiger partial charge in [-0.3, -0.25) is 0 Å². The largest absolute Gasteiger partial charge is 0.478 e. The van der Waals surface area contributed by atoms with Crippen LogP contribution >= 0.6 is 0 Å². The lowest BCUT2D eigenvalue weighted by molar-refractivity contribution is -0.131. The van der Waals surface area contributed by atoms with E-state index in [4.69, 9.17) is 5.11 Å². The summed E-state index contributed by atoms with van der Waals surface area (Å²) in [7, 11) is 4.27. The highest BCUT2D eigenvalue weighted by atomic mass is 16.4. The Kier molecular flexibility index (Phi) is 5.39. The lowest BCUT2D eigenvalue weighted by atomic mass is 9.96. The van der Waals surface area contributed by atoms with Gasteiger partial charge in [-0.1, -0.05) is 12.1 Å². The van der Waals surface area contributed by atoms with Crippen molar-refractivity contribution in [3.63, 3.8) is 0 Å². The number of aliphatic carboxylic acids is 1. The van der Waals surface area contributed by atoms with Crippen LogP contribution in [0.15, 0.2) is 30.3 Å². The maximum atomic E-state index is 10.5. The van der Waals surface area contributed by atoms with Gasteiger partial charge in [-0.05, 0) is 56.6 Å². The van der Waals surface area contributed by atoms with Gasteiger partial charge in [-0.25, -0.2) is 4.79 Å². The molecule has 0 spiro atoms. The van der Waals surface area contributed by atoms with Gasteiger partial charge < -0.3 is 14.9 Å². The minimum atomic E-state index is -0.915. The van der Waals surface area contributed by atoms with Crippen molar-refractivity contribution in [1.82, 2.24) is 4.90 Å². The molecule has 0 saturated carbocycles. The zero-order valence-corrected chi connectivity index (χ0v) is 12.8. The average molecular weight is 288 g/mol. The van der Waals surface area contributed by atoms with Crippen molar-refractivity contribution < 1.29 is 9.90 Å². The monoisotopic (exact) mass is 288 g/mol. The van der Waals surface area contributed by atoms with Gasteiger partial charge in [0.15, 0.2) is 0 Å². The fourth-order valence-electron chi connectivity index (χ4n) is 2.85. The second-order valence-corrected chi connectivity index (χ2v) is 5.96. The molecule has 0 bridgehead atoms. The molecule has 114 valence electrons. The number of carboxylic acids is 1. The third kappa shape index (κ3) is 4.90. The number of hydrogen-bond acceptors (Lipinski definition) is 3. The maximum absolute atomic E-state index is 10.5. The molecule has 0 atom stereocenters. The van der Waals surface area contributed by atoms with Crippen LogP contribution in [0.25, 0.3) is 6.08 Å². The summed E-state index contributed by atoms with van der Waals surface area (Å²) in [5.74, 6) is -0.115. The van der Waals surface area contributed by atoms with E-state index < -0.39 is 5.97 Å². The molecule has 2 rings (SSSR count). The van der Waals surface area contributed by atoms with Gasteiger partial charge in [0.25, 0.3) is 0 Å². The van der Waals surface area contributed by atoms with Crippen LogP contribution in [0.4, 0.5) is 5.69 Å². The van der Waals surface area contributed by atoms with E-state index in [0.717, 1.165) is 24.6 Å². The summed E-state index contributed by atoms with van der Waals surface area (Å²) in [6.45, 7) is 3.37. The first-order valence-corrected chi connectivity index (χ1v) is 7.45. The SMILES string of the molecule is CN(C)CC1CCN(c2ccc(C=CC(=O)O)cc2)CC1. The Bertz CT molecular complexity index is 486. The van der Waals surface area contributed by atoms with Crippen LogP contribution < -0.4 is 4.90 Å². The molecule has 1 heterocycles. The van der Waals surface area contributed by atoms with Crippen molar-refractivity contribution in [2.75, 3.05) is 38.6 Å². The zero-order chi connectivity index (χ0) is 15.2. The summed E-state index contributed by atoms with van der Waals surface area (Å²) in [4.78, 5) is 15.2. The normalized spacial score (nSPS) is 16.8. The minimum absolute atomic E-state index is 0.800. The van der Waals surface area contributed by atoms with Crippen LogP contribution in [-0.2, 0) is 4.79 Å². The van der Waals surface area contributed by atoms with E-state index in [-0.39, 0.29) is 0 Å². The number of anilines is 1. The van der Waals surface area contributed by atoms with Crippen molar-refractivity contribution in [3.8, 4) is 0 Å². The van der Waals surface area contributed by atoms with Crippen LogP contribution in [0.1, 0.15) is 18.4 Å². The smallest absolute Gasteiger partial charge is 0.328 e. The van der Waals surface area contributed by atoms with Crippen molar-refractivity contribution in [2.24, 2.45) is 5.92 Å². The quantitative estimate of drug-likeness (QED) is 0.846. The van der Waals surface area contributed by atoms with Gasteiger partial charge in [0.05, 0.1) is 0 Å². The molecule has 0 unspecified atom stereocenters. The number of nitrogens with zero attached hydrogens (tertiary/aromatic N) is 2. The molecule has 1 N–H and O–H groups in total. The molecule has 1 aliphatic heterocycles. The van der Waals surface area contributed by atoms with Crippen molar-refractivity contribution >= 4 is 17.7 Å². The van der Waals surface area contributed by atoms with E-state index in [2.05, 4.69) is 36.0 Å². The zero-order valence-electron chi connectivity index (χ0n) is 12.8. The molecule has 0 amide bonds. The molecule has 0 radical (unpaired) electrons. The number of benzene rings is 1. The van der Waals surface area contributed by atoms with Gasteiger partial charge in [-0.15, -0.1) is 0 Å². The van der Waals surface area contributed by atoms with Crippen LogP contribution in [0.2, 0.25) is 0 Å². The van der Waals surface area contributed by atoms with Crippen LogP contribution in [0, 0.1) is 5.92 Å². The Morgan fingerprint density at radius 1 is 1.29 bits per heavy atom. The van der Waals surface area contributed by atoms with Crippen molar-refractivity contribution in [1.29, 1.82) is 0 Å². The third-order valence-corrected chi connectivity index (χ3v) is 3.91. The molecule has 1 aromatic rings. The molecule has 1 fully saturated rings. The number of piperidine rings is 1. The summed E-state index contributed by atoms with van der Waals surface area (Å²) in [6.07, 6.45) is 5.26. The number of carbonyl (C=O) groups is 1. The highest BCUT2D eigenvalue weighted by Crippen LogP contribution is 2.24. The second kappa shape index (κ2) is 7.27. The van der Waals surface area contributed by atoms with E-state index in [1.807, 2.05) is 12.1 Å². The predicted molar refractivity (Wildman–Crippen MR) is 86.6 cm³/mol. The summed E-state index contributed by atoms with van der Waals surface area (Å²) < 4.78 is 0. The lowest BCUT2D eigenvalue weighted by Gasteiger charge is -2.34. The van der Waals surface area contributed by atoms with Gasteiger partial charge in [0.1, 0.15) is 0 Å². The summed E-state index contributed by atoms with van der Waals surface area (Å²) >= 11 is 0. The molecule has 1 aliphatic rings. The molecule has 4 nitrogen and oxygen atoms in total. The Labute approximate surface area is 126 Å². The van der Waals surface area contributed by atoms with Crippen molar-refractivity contribution in [3.05, 3.63) is 35.9 Å². The first-order valence-electron chi connectivity index (χ1n) is 7.45. The van der Waals surface area contributed by atoms with Gasteiger partial charge in [-0.2, -0.15) is 0 Å². The Morgan fingerprint density at radius 2 is 1.90 bits per heavy atom. The average Bonchev–Trinajstić information content (AvgIpc) is 2.46. The topological polar surface area (TPSA) is 43.8 Å². The summed E-state index contributed by atoms with van der Waals surface area (Å²) in [5.41, 5.74) is 2.15. The fraction of sp³-hybridized carbons (Fsp3) is 0.471. The predicted octanol–water partition coefficient (Wildman–Crippen LogP) is 2.56. The number of hydrogen-bond donors (Lipinski definition) is 1. The molecule has 0 aromatic heterocycles. The van der Waals surface area contributed by atoms with E-state index in [9.17, 15) is 4.79 Å². The van der Waals surface area contributed by atoms with Gasteiger partial charge in [0.2, 0.25) is 0 Å².